The number of carboxylic acid groups (broad SMARTS) is 1. The quantitative estimate of drug-likeness (QED) is 0.886. The molecule has 0 aliphatic heterocycles. The average molecular weight is 276 g/mol. The van der Waals surface area contributed by atoms with E-state index in [4.69, 9.17) is 10.8 Å². The monoisotopic (exact) mass is 275 g/mol. The third kappa shape index (κ3) is 3.00. The van der Waals surface area contributed by atoms with Crippen LogP contribution < -0.4 is 5.73 Å². The van der Waals surface area contributed by atoms with Gasteiger partial charge in [0, 0.05) is 10.9 Å². The van der Waals surface area contributed by atoms with Crippen molar-refractivity contribution in [3.63, 3.8) is 0 Å². The van der Waals surface area contributed by atoms with Crippen molar-refractivity contribution < 1.29 is 14.3 Å². The van der Waals surface area contributed by atoms with Crippen LogP contribution in [-0.4, -0.2) is 16.6 Å². The van der Waals surface area contributed by atoms with Crippen molar-refractivity contribution in [2.24, 2.45) is 5.73 Å². The molecule has 0 spiro atoms. The lowest BCUT2D eigenvalue weighted by Crippen LogP contribution is -2.47. The van der Waals surface area contributed by atoms with Crippen LogP contribution in [0, 0.1) is 5.82 Å². The van der Waals surface area contributed by atoms with Crippen LogP contribution in [0.4, 0.5) is 4.39 Å². The van der Waals surface area contributed by atoms with Crippen molar-refractivity contribution in [3.8, 4) is 0 Å². The molecule has 1 aromatic rings. The molecule has 1 rings (SSSR count). The van der Waals surface area contributed by atoms with E-state index >= 15 is 0 Å². The Kier molecular flexibility index (Phi) is 3.46. The van der Waals surface area contributed by atoms with E-state index < -0.39 is 17.3 Å². The van der Waals surface area contributed by atoms with Gasteiger partial charge in [-0.3, -0.25) is 4.79 Å². The van der Waals surface area contributed by atoms with Crippen molar-refractivity contribution >= 4 is 21.9 Å². The largest absolute Gasteiger partial charge is 0.480 e. The lowest BCUT2D eigenvalue weighted by molar-refractivity contribution is -0.142. The van der Waals surface area contributed by atoms with Gasteiger partial charge < -0.3 is 10.8 Å². The molecule has 1 atom stereocenters. The second kappa shape index (κ2) is 4.28. The number of carbonyl (C=O) groups is 1. The molecular formula is C10H11BrFNO2. The highest BCUT2D eigenvalue weighted by Gasteiger charge is 2.29. The summed E-state index contributed by atoms with van der Waals surface area (Å²) in [5, 5.41) is 8.80. The Balaban J connectivity index is 2.99. The van der Waals surface area contributed by atoms with Gasteiger partial charge in [-0.25, -0.2) is 4.39 Å². The van der Waals surface area contributed by atoms with E-state index in [9.17, 15) is 9.18 Å². The smallest absolute Gasteiger partial charge is 0.323 e. The van der Waals surface area contributed by atoms with Crippen molar-refractivity contribution in [1.82, 2.24) is 0 Å². The van der Waals surface area contributed by atoms with Gasteiger partial charge in [-0.15, -0.1) is 0 Å². The van der Waals surface area contributed by atoms with Gasteiger partial charge in [0.2, 0.25) is 0 Å². The topological polar surface area (TPSA) is 63.3 Å². The summed E-state index contributed by atoms with van der Waals surface area (Å²) in [6.07, 6.45) is -0.0480. The first-order valence-electron chi connectivity index (χ1n) is 4.29. The molecule has 1 unspecified atom stereocenters. The van der Waals surface area contributed by atoms with E-state index in [1.165, 1.54) is 19.1 Å². The van der Waals surface area contributed by atoms with Crippen LogP contribution in [0.15, 0.2) is 22.7 Å². The van der Waals surface area contributed by atoms with E-state index in [1.807, 2.05) is 0 Å². The Bertz CT molecular complexity index is 393. The third-order valence-corrected chi connectivity index (χ3v) is 2.55. The predicted octanol–water partition coefficient (Wildman–Crippen LogP) is 1.93. The molecule has 0 aliphatic carbocycles. The van der Waals surface area contributed by atoms with Gasteiger partial charge >= 0.3 is 5.97 Å². The lowest BCUT2D eigenvalue weighted by atomic mass is 9.94. The highest BCUT2D eigenvalue weighted by atomic mass is 79.9. The highest BCUT2D eigenvalue weighted by Crippen LogP contribution is 2.19. The molecule has 0 heterocycles. The van der Waals surface area contributed by atoms with E-state index in [1.54, 1.807) is 6.07 Å². The Morgan fingerprint density at radius 3 is 2.80 bits per heavy atom. The number of benzene rings is 1. The van der Waals surface area contributed by atoms with Gasteiger partial charge in [0.1, 0.15) is 11.4 Å². The van der Waals surface area contributed by atoms with Crippen LogP contribution in [0.25, 0.3) is 0 Å². The second-order valence-corrected chi connectivity index (χ2v) is 4.55. The molecule has 1 aromatic carbocycles. The minimum Gasteiger partial charge on any atom is -0.480 e. The summed E-state index contributed by atoms with van der Waals surface area (Å²) in [7, 11) is 0. The molecule has 0 amide bonds. The molecule has 0 fully saturated rings. The van der Waals surface area contributed by atoms with Crippen LogP contribution in [0.1, 0.15) is 12.5 Å². The summed E-state index contributed by atoms with van der Waals surface area (Å²) in [6.45, 7) is 1.36. The molecule has 0 bridgehead atoms. The Hall–Kier alpha value is -0.940. The summed E-state index contributed by atoms with van der Waals surface area (Å²) >= 11 is 3.19. The SMILES string of the molecule is CC(N)(Cc1cc(Br)ccc1F)C(=O)O. The maximum absolute atomic E-state index is 13.3. The van der Waals surface area contributed by atoms with Gasteiger partial charge in [0.15, 0.2) is 0 Å². The Morgan fingerprint density at radius 1 is 1.67 bits per heavy atom. The van der Waals surface area contributed by atoms with Crippen LogP contribution in [0.2, 0.25) is 0 Å². The zero-order chi connectivity index (χ0) is 11.6. The van der Waals surface area contributed by atoms with E-state index in [0.717, 1.165) is 0 Å². The van der Waals surface area contributed by atoms with Gasteiger partial charge in [0.05, 0.1) is 0 Å². The van der Waals surface area contributed by atoms with Crippen molar-refractivity contribution in [2.75, 3.05) is 0 Å². The second-order valence-electron chi connectivity index (χ2n) is 3.64. The van der Waals surface area contributed by atoms with Crippen molar-refractivity contribution in [2.45, 2.75) is 18.9 Å². The molecule has 0 aromatic heterocycles. The lowest BCUT2D eigenvalue weighted by Gasteiger charge is -2.19. The van der Waals surface area contributed by atoms with Crippen LogP contribution in [0.3, 0.4) is 0 Å². The molecule has 0 saturated heterocycles. The van der Waals surface area contributed by atoms with Gasteiger partial charge in [-0.05, 0) is 30.7 Å². The summed E-state index contributed by atoms with van der Waals surface area (Å²) in [6, 6.07) is 4.36. The molecule has 0 aliphatic rings. The van der Waals surface area contributed by atoms with Crippen LogP contribution >= 0.6 is 15.9 Å². The minimum atomic E-state index is -1.46. The summed E-state index contributed by atoms with van der Waals surface area (Å²) < 4.78 is 14.0. The van der Waals surface area contributed by atoms with E-state index in [0.29, 0.717) is 4.47 Å². The highest BCUT2D eigenvalue weighted by molar-refractivity contribution is 9.10. The number of hydrogen-bond donors (Lipinski definition) is 2. The Labute approximate surface area is 95.2 Å². The Morgan fingerprint density at radius 2 is 2.27 bits per heavy atom. The zero-order valence-corrected chi connectivity index (χ0v) is 9.71. The fraction of sp³-hybridized carbons (Fsp3) is 0.300. The van der Waals surface area contributed by atoms with Gasteiger partial charge in [-0.2, -0.15) is 0 Å². The molecule has 3 nitrogen and oxygen atoms in total. The summed E-state index contributed by atoms with van der Waals surface area (Å²) in [5.74, 6) is -1.60. The molecule has 15 heavy (non-hydrogen) atoms. The number of rotatable bonds is 3. The summed E-state index contributed by atoms with van der Waals surface area (Å²) in [5.41, 5.74) is 4.36. The summed E-state index contributed by atoms with van der Waals surface area (Å²) in [4.78, 5) is 10.8. The number of carboxylic acids is 1. The van der Waals surface area contributed by atoms with Crippen LogP contribution in [-0.2, 0) is 11.2 Å². The molecule has 0 saturated carbocycles. The van der Waals surface area contributed by atoms with Crippen molar-refractivity contribution in [3.05, 3.63) is 34.1 Å². The van der Waals surface area contributed by atoms with Gasteiger partial charge in [0.25, 0.3) is 0 Å². The standard InChI is InChI=1S/C10H11BrFNO2/c1-10(13,9(14)15)5-6-4-7(11)2-3-8(6)12/h2-4H,5,13H2,1H3,(H,14,15). The van der Waals surface area contributed by atoms with Crippen LogP contribution in [0.5, 0.6) is 0 Å². The molecule has 82 valence electrons. The predicted molar refractivity (Wildman–Crippen MR) is 58.0 cm³/mol. The number of nitrogens with two attached hydrogens (primary N) is 1. The molecular weight excluding hydrogens is 265 g/mol. The third-order valence-electron chi connectivity index (χ3n) is 2.05. The normalized spacial score (nSPS) is 14.7. The fourth-order valence-electron chi connectivity index (χ4n) is 1.15. The zero-order valence-electron chi connectivity index (χ0n) is 8.13. The van der Waals surface area contributed by atoms with E-state index in [-0.39, 0.29) is 12.0 Å². The first-order valence-corrected chi connectivity index (χ1v) is 5.08. The first-order chi connectivity index (χ1) is 6.83. The average Bonchev–Trinajstić information content (AvgIpc) is 2.10. The number of halogens is 2. The first kappa shape index (κ1) is 12.1. The number of aliphatic carboxylic acids is 1. The van der Waals surface area contributed by atoms with Gasteiger partial charge in [-0.1, -0.05) is 15.9 Å². The molecule has 0 radical (unpaired) electrons. The van der Waals surface area contributed by atoms with E-state index in [2.05, 4.69) is 15.9 Å². The molecule has 3 N–H and O–H groups in total. The maximum Gasteiger partial charge on any atom is 0.323 e. The fourth-order valence-corrected chi connectivity index (χ4v) is 1.56. The maximum atomic E-state index is 13.3. The number of hydrogen-bond acceptors (Lipinski definition) is 2. The molecule has 5 heteroatoms. The van der Waals surface area contributed by atoms with Crippen molar-refractivity contribution in [1.29, 1.82) is 0 Å². The minimum absolute atomic E-state index is 0.0480.